The van der Waals surface area contributed by atoms with Crippen molar-refractivity contribution in [2.24, 2.45) is 0 Å². The predicted molar refractivity (Wildman–Crippen MR) is 208 cm³/mol. The molecule has 10 rings (SSSR count). The van der Waals surface area contributed by atoms with Gasteiger partial charge in [-0.15, -0.1) is 0 Å². The number of hydrogen-bond donors (Lipinski definition) is 0. The third-order valence-electron chi connectivity index (χ3n) is 10.1. The van der Waals surface area contributed by atoms with Gasteiger partial charge < -0.3 is 4.42 Å². The van der Waals surface area contributed by atoms with E-state index in [-0.39, 0.29) is 0 Å². The van der Waals surface area contributed by atoms with Gasteiger partial charge in [-0.05, 0) is 89.5 Å². The molecule has 0 unspecified atom stereocenters. The average Bonchev–Trinajstić information content (AvgIpc) is 3.57. The molecular formula is C48H30O. The van der Waals surface area contributed by atoms with Gasteiger partial charge in [0.05, 0.1) is 0 Å². The van der Waals surface area contributed by atoms with Crippen molar-refractivity contribution in [1.29, 1.82) is 0 Å². The number of para-hydroxylation sites is 1. The van der Waals surface area contributed by atoms with E-state index in [1.165, 1.54) is 65.7 Å². The summed E-state index contributed by atoms with van der Waals surface area (Å²) < 4.78 is 6.71. The van der Waals surface area contributed by atoms with Crippen molar-refractivity contribution in [2.45, 2.75) is 0 Å². The smallest absolute Gasteiger partial charge is 0.143 e. The zero-order valence-electron chi connectivity index (χ0n) is 26.7. The summed E-state index contributed by atoms with van der Waals surface area (Å²) in [6, 6.07) is 65.6. The van der Waals surface area contributed by atoms with Crippen molar-refractivity contribution in [3.63, 3.8) is 0 Å². The van der Waals surface area contributed by atoms with Crippen LogP contribution in [0.3, 0.4) is 0 Å². The number of hydrogen-bond acceptors (Lipinski definition) is 1. The molecule has 1 nitrogen and oxygen atoms in total. The first-order valence-electron chi connectivity index (χ1n) is 16.9. The fourth-order valence-electron chi connectivity index (χ4n) is 7.90. The van der Waals surface area contributed by atoms with E-state index >= 15 is 0 Å². The summed E-state index contributed by atoms with van der Waals surface area (Å²) in [5.74, 6) is 0. The Morgan fingerprint density at radius 2 is 0.857 bits per heavy atom. The molecule has 1 heteroatoms. The first-order chi connectivity index (χ1) is 24.3. The first kappa shape index (κ1) is 27.7. The lowest BCUT2D eigenvalue weighted by atomic mass is 9.83. The molecule has 1 aromatic heterocycles. The van der Waals surface area contributed by atoms with Gasteiger partial charge in [0.25, 0.3) is 0 Å². The molecule has 228 valence electrons. The molecule has 0 atom stereocenters. The largest absolute Gasteiger partial charge is 0.455 e. The van der Waals surface area contributed by atoms with Crippen LogP contribution in [-0.2, 0) is 0 Å². The van der Waals surface area contributed by atoms with Crippen LogP contribution in [0.4, 0.5) is 0 Å². The minimum absolute atomic E-state index is 0.901. The van der Waals surface area contributed by atoms with E-state index < -0.39 is 0 Å². The van der Waals surface area contributed by atoms with Gasteiger partial charge in [-0.3, -0.25) is 0 Å². The van der Waals surface area contributed by atoms with Gasteiger partial charge in [0.1, 0.15) is 11.2 Å². The summed E-state index contributed by atoms with van der Waals surface area (Å²) in [6.45, 7) is 0. The van der Waals surface area contributed by atoms with Gasteiger partial charge in [-0.2, -0.15) is 0 Å². The fourth-order valence-corrected chi connectivity index (χ4v) is 7.90. The Bertz CT molecular complexity index is 2800. The van der Waals surface area contributed by atoms with Gasteiger partial charge in [-0.25, -0.2) is 0 Å². The second-order valence-corrected chi connectivity index (χ2v) is 12.8. The second-order valence-electron chi connectivity index (χ2n) is 12.8. The Hall–Kier alpha value is -6.44. The summed E-state index contributed by atoms with van der Waals surface area (Å²) >= 11 is 0. The lowest BCUT2D eigenvalue weighted by Gasteiger charge is -2.19. The van der Waals surface area contributed by atoms with E-state index in [0.29, 0.717) is 0 Å². The topological polar surface area (TPSA) is 13.1 Å². The monoisotopic (exact) mass is 622 g/mol. The van der Waals surface area contributed by atoms with Crippen molar-refractivity contribution >= 4 is 54.3 Å². The van der Waals surface area contributed by atoms with Gasteiger partial charge >= 0.3 is 0 Å². The van der Waals surface area contributed by atoms with Crippen molar-refractivity contribution in [3.8, 4) is 44.5 Å². The fraction of sp³-hybridized carbons (Fsp3) is 0. The second kappa shape index (κ2) is 11.1. The summed E-state index contributed by atoms with van der Waals surface area (Å²) in [6.07, 6.45) is 0. The zero-order valence-corrected chi connectivity index (χ0v) is 26.7. The highest BCUT2D eigenvalue weighted by Crippen LogP contribution is 2.49. The van der Waals surface area contributed by atoms with Crippen LogP contribution in [0.2, 0.25) is 0 Å². The highest BCUT2D eigenvalue weighted by Gasteiger charge is 2.22. The lowest BCUT2D eigenvalue weighted by molar-refractivity contribution is 0.670. The van der Waals surface area contributed by atoms with Crippen LogP contribution < -0.4 is 0 Å². The van der Waals surface area contributed by atoms with Gasteiger partial charge in [0.15, 0.2) is 0 Å². The van der Waals surface area contributed by atoms with Crippen LogP contribution in [0.25, 0.3) is 98.8 Å². The molecule has 0 spiro atoms. The molecule has 10 aromatic rings. The third kappa shape index (κ3) is 4.33. The molecular weight excluding hydrogens is 593 g/mol. The molecule has 0 bridgehead atoms. The number of furan rings is 1. The maximum absolute atomic E-state index is 6.71. The van der Waals surface area contributed by atoms with Crippen molar-refractivity contribution < 1.29 is 4.42 Å². The first-order valence-corrected chi connectivity index (χ1v) is 16.9. The van der Waals surface area contributed by atoms with E-state index in [1.54, 1.807) is 0 Å². The van der Waals surface area contributed by atoms with Crippen molar-refractivity contribution in [3.05, 3.63) is 182 Å². The molecule has 0 aliphatic carbocycles. The highest BCUT2D eigenvalue weighted by atomic mass is 16.3. The van der Waals surface area contributed by atoms with E-state index in [9.17, 15) is 0 Å². The Morgan fingerprint density at radius 3 is 1.53 bits per heavy atom. The molecule has 0 amide bonds. The molecule has 0 aliphatic heterocycles. The highest BCUT2D eigenvalue weighted by molar-refractivity contribution is 6.27. The Kier molecular flexibility index (Phi) is 6.25. The maximum atomic E-state index is 6.71. The summed E-state index contributed by atoms with van der Waals surface area (Å²) in [5.41, 5.74) is 11.5. The summed E-state index contributed by atoms with van der Waals surface area (Å²) in [4.78, 5) is 0. The molecule has 0 radical (unpaired) electrons. The van der Waals surface area contributed by atoms with Crippen LogP contribution in [0.1, 0.15) is 0 Å². The minimum Gasteiger partial charge on any atom is -0.455 e. The van der Waals surface area contributed by atoms with E-state index in [1.807, 2.05) is 0 Å². The van der Waals surface area contributed by atoms with Gasteiger partial charge in [-0.1, -0.05) is 164 Å². The third-order valence-corrected chi connectivity index (χ3v) is 10.1. The van der Waals surface area contributed by atoms with Crippen molar-refractivity contribution in [1.82, 2.24) is 0 Å². The molecule has 0 N–H and O–H groups in total. The number of fused-ring (bicyclic) bond motifs is 6. The molecule has 0 aliphatic rings. The Balaban J connectivity index is 1.29. The maximum Gasteiger partial charge on any atom is 0.143 e. The summed E-state index contributed by atoms with van der Waals surface area (Å²) in [5, 5.41) is 9.71. The predicted octanol–water partition coefficient (Wildman–Crippen LogP) is 13.7. The van der Waals surface area contributed by atoms with Crippen LogP contribution in [0.15, 0.2) is 186 Å². The number of benzene rings is 9. The van der Waals surface area contributed by atoms with E-state index in [0.717, 1.165) is 33.1 Å². The van der Waals surface area contributed by atoms with Crippen molar-refractivity contribution in [2.75, 3.05) is 0 Å². The normalized spacial score (nSPS) is 11.7. The van der Waals surface area contributed by atoms with Crippen LogP contribution in [-0.4, -0.2) is 0 Å². The standard InChI is InChI=1S/C48H30O/c1-3-14-31(15-4-1)33-26-27-35-34(30-33)18-13-24-37(35)45-38-19-7-9-21-40(38)46(41-22-10-8-20-39(41)45)43-29-28-36(32-16-5-2-6-17-32)48-47(43)42-23-11-12-25-44(42)49-48/h1-30H. The van der Waals surface area contributed by atoms with Crippen LogP contribution >= 0.6 is 0 Å². The number of rotatable bonds is 4. The quantitative estimate of drug-likeness (QED) is 0.178. The van der Waals surface area contributed by atoms with Gasteiger partial charge in [0.2, 0.25) is 0 Å². The molecule has 1 heterocycles. The molecule has 0 fully saturated rings. The Morgan fingerprint density at radius 1 is 0.306 bits per heavy atom. The average molecular weight is 623 g/mol. The Labute approximate surface area is 284 Å². The molecule has 9 aromatic carbocycles. The molecule has 0 saturated heterocycles. The lowest BCUT2D eigenvalue weighted by Crippen LogP contribution is -1.92. The molecule has 49 heavy (non-hydrogen) atoms. The summed E-state index contributed by atoms with van der Waals surface area (Å²) in [7, 11) is 0. The SMILES string of the molecule is c1ccc(-c2ccc3c(-c4c5ccccc5c(-c5ccc(-c6ccccc6)c6oc7ccccc7c56)c5ccccc45)cccc3c2)cc1. The molecule has 0 saturated carbocycles. The van der Waals surface area contributed by atoms with Crippen LogP contribution in [0.5, 0.6) is 0 Å². The van der Waals surface area contributed by atoms with Crippen LogP contribution in [0, 0.1) is 0 Å². The minimum atomic E-state index is 0.901. The van der Waals surface area contributed by atoms with Gasteiger partial charge in [0, 0.05) is 16.3 Å². The van der Waals surface area contributed by atoms with E-state index in [4.69, 9.17) is 4.42 Å². The van der Waals surface area contributed by atoms with E-state index in [2.05, 4.69) is 182 Å². The zero-order chi connectivity index (χ0) is 32.3.